The summed E-state index contributed by atoms with van der Waals surface area (Å²) in [5.74, 6) is 0.658. The zero-order valence-corrected chi connectivity index (χ0v) is 9.32. The van der Waals surface area contributed by atoms with Crippen molar-refractivity contribution < 1.29 is 9.84 Å². The molecule has 1 rings (SSSR count). The van der Waals surface area contributed by atoms with Crippen molar-refractivity contribution >= 4 is 6.08 Å². The molecule has 1 aromatic rings. The van der Waals surface area contributed by atoms with Gasteiger partial charge in [-0.15, -0.1) is 0 Å². The van der Waals surface area contributed by atoms with Crippen LogP contribution in [0.25, 0.3) is 6.08 Å². The van der Waals surface area contributed by atoms with E-state index in [2.05, 4.69) is 12.2 Å². The number of likely N-dealkylation sites (N-methyl/N-ethyl adjacent to an activating group) is 1. The number of nitrogens with one attached hydrogen (secondary N) is 1. The van der Waals surface area contributed by atoms with Gasteiger partial charge in [-0.2, -0.15) is 0 Å². The van der Waals surface area contributed by atoms with Gasteiger partial charge in [0.05, 0.1) is 7.11 Å². The summed E-state index contributed by atoms with van der Waals surface area (Å²) >= 11 is 0. The van der Waals surface area contributed by atoms with Crippen LogP contribution in [0.4, 0.5) is 0 Å². The third kappa shape index (κ3) is 3.29. The summed E-state index contributed by atoms with van der Waals surface area (Å²) in [4.78, 5) is 0. The van der Waals surface area contributed by atoms with Crippen LogP contribution in [0.15, 0.2) is 24.3 Å². The molecule has 1 aromatic carbocycles. The molecular formula is C12H17NO2. The number of benzene rings is 1. The fourth-order valence-electron chi connectivity index (χ4n) is 1.16. The third-order valence-electron chi connectivity index (χ3n) is 2.24. The maximum absolute atomic E-state index is 9.54. The Morgan fingerprint density at radius 1 is 1.47 bits per heavy atom. The highest BCUT2D eigenvalue weighted by Gasteiger charge is 2.00. The molecule has 0 saturated heterocycles. The van der Waals surface area contributed by atoms with E-state index in [0.29, 0.717) is 11.8 Å². The van der Waals surface area contributed by atoms with Gasteiger partial charge in [-0.1, -0.05) is 18.2 Å². The van der Waals surface area contributed by atoms with Gasteiger partial charge in [0.1, 0.15) is 0 Å². The monoisotopic (exact) mass is 207 g/mol. The van der Waals surface area contributed by atoms with Crippen molar-refractivity contribution in [2.75, 3.05) is 14.2 Å². The topological polar surface area (TPSA) is 41.5 Å². The molecule has 0 fully saturated rings. The first kappa shape index (κ1) is 11.6. The lowest BCUT2D eigenvalue weighted by Crippen LogP contribution is -2.17. The van der Waals surface area contributed by atoms with Gasteiger partial charge < -0.3 is 15.2 Å². The van der Waals surface area contributed by atoms with Gasteiger partial charge in [-0.25, -0.2) is 0 Å². The zero-order valence-electron chi connectivity index (χ0n) is 9.32. The number of rotatable bonds is 4. The second kappa shape index (κ2) is 5.41. The lowest BCUT2D eigenvalue weighted by molar-refractivity contribution is 0.373. The minimum absolute atomic E-state index is 0.164. The Kier molecular flexibility index (Phi) is 4.18. The van der Waals surface area contributed by atoms with Crippen LogP contribution in [0.1, 0.15) is 12.5 Å². The average Bonchev–Trinajstić information content (AvgIpc) is 2.26. The Morgan fingerprint density at radius 2 is 2.20 bits per heavy atom. The quantitative estimate of drug-likeness (QED) is 0.793. The molecule has 0 aliphatic carbocycles. The summed E-state index contributed by atoms with van der Waals surface area (Å²) in [5, 5.41) is 12.6. The number of phenolic OH excluding ortho intramolecular Hbond substituents is 1. The first-order valence-corrected chi connectivity index (χ1v) is 4.90. The summed E-state index contributed by atoms with van der Waals surface area (Å²) in [5.41, 5.74) is 0.954. The number of ether oxygens (including phenoxy) is 1. The molecule has 15 heavy (non-hydrogen) atoms. The summed E-state index contributed by atoms with van der Waals surface area (Å²) in [6.07, 6.45) is 3.99. The molecule has 0 aromatic heterocycles. The second-order valence-electron chi connectivity index (χ2n) is 3.37. The number of phenols is 1. The van der Waals surface area contributed by atoms with E-state index < -0.39 is 0 Å². The smallest absolute Gasteiger partial charge is 0.160 e. The summed E-state index contributed by atoms with van der Waals surface area (Å²) in [6, 6.07) is 5.64. The fraction of sp³-hybridized carbons (Fsp3) is 0.333. The Balaban J connectivity index is 2.79. The molecule has 0 amide bonds. The van der Waals surface area contributed by atoms with Gasteiger partial charge >= 0.3 is 0 Å². The molecule has 1 unspecified atom stereocenters. The van der Waals surface area contributed by atoms with Gasteiger partial charge in [0.15, 0.2) is 11.5 Å². The van der Waals surface area contributed by atoms with Crippen molar-refractivity contribution in [3.05, 3.63) is 29.8 Å². The highest BCUT2D eigenvalue weighted by atomic mass is 16.5. The van der Waals surface area contributed by atoms with E-state index in [9.17, 15) is 5.11 Å². The van der Waals surface area contributed by atoms with E-state index in [1.165, 1.54) is 7.11 Å². The number of hydrogen-bond acceptors (Lipinski definition) is 3. The third-order valence-corrected chi connectivity index (χ3v) is 2.24. The fourth-order valence-corrected chi connectivity index (χ4v) is 1.16. The molecule has 2 N–H and O–H groups in total. The van der Waals surface area contributed by atoms with Crippen molar-refractivity contribution in [2.45, 2.75) is 13.0 Å². The minimum atomic E-state index is 0.164. The van der Waals surface area contributed by atoms with Crippen LogP contribution in [0.3, 0.4) is 0 Å². The van der Waals surface area contributed by atoms with Gasteiger partial charge in [0.2, 0.25) is 0 Å². The molecular weight excluding hydrogens is 190 g/mol. The highest BCUT2D eigenvalue weighted by molar-refractivity contribution is 5.55. The van der Waals surface area contributed by atoms with Crippen molar-refractivity contribution in [1.29, 1.82) is 0 Å². The van der Waals surface area contributed by atoms with Crippen molar-refractivity contribution in [3.8, 4) is 11.5 Å². The lowest BCUT2D eigenvalue weighted by atomic mass is 10.1. The van der Waals surface area contributed by atoms with Crippen LogP contribution in [0, 0.1) is 0 Å². The average molecular weight is 207 g/mol. The second-order valence-corrected chi connectivity index (χ2v) is 3.37. The van der Waals surface area contributed by atoms with Gasteiger partial charge in [0.25, 0.3) is 0 Å². The number of methoxy groups -OCH3 is 1. The molecule has 0 spiro atoms. The van der Waals surface area contributed by atoms with E-state index in [-0.39, 0.29) is 5.75 Å². The molecule has 3 nitrogen and oxygen atoms in total. The van der Waals surface area contributed by atoms with Crippen LogP contribution < -0.4 is 10.1 Å². The maximum Gasteiger partial charge on any atom is 0.160 e. The van der Waals surface area contributed by atoms with Gasteiger partial charge in [0, 0.05) is 6.04 Å². The first-order valence-electron chi connectivity index (χ1n) is 4.90. The van der Waals surface area contributed by atoms with Gasteiger partial charge in [-0.05, 0) is 31.7 Å². The normalized spacial score (nSPS) is 13.0. The molecule has 1 atom stereocenters. The summed E-state index contributed by atoms with van der Waals surface area (Å²) in [7, 11) is 3.44. The van der Waals surface area contributed by atoms with Crippen molar-refractivity contribution in [1.82, 2.24) is 5.32 Å². The van der Waals surface area contributed by atoms with Crippen molar-refractivity contribution in [2.24, 2.45) is 0 Å². The molecule has 82 valence electrons. The maximum atomic E-state index is 9.54. The van der Waals surface area contributed by atoms with Crippen LogP contribution in [0.2, 0.25) is 0 Å². The van der Waals surface area contributed by atoms with Crippen LogP contribution in [-0.2, 0) is 0 Å². The standard InChI is InChI=1S/C12H17NO2/c1-9(13-2)4-5-10-6-7-12(15-3)11(14)8-10/h4-9,13-14H,1-3H3/b5-4+. The SMILES string of the molecule is CNC(C)/C=C/c1ccc(OC)c(O)c1. The predicted molar refractivity (Wildman–Crippen MR) is 62.2 cm³/mol. The Labute approximate surface area is 90.4 Å². The number of hydrogen-bond donors (Lipinski definition) is 2. The molecule has 0 heterocycles. The minimum Gasteiger partial charge on any atom is -0.504 e. The summed E-state index contributed by atoms with van der Waals surface area (Å²) in [6.45, 7) is 2.06. The largest absolute Gasteiger partial charge is 0.504 e. The molecule has 0 bridgehead atoms. The molecule has 3 heteroatoms. The van der Waals surface area contributed by atoms with Crippen LogP contribution in [0.5, 0.6) is 11.5 Å². The zero-order chi connectivity index (χ0) is 11.3. The Hall–Kier alpha value is -1.48. The molecule has 0 saturated carbocycles. The van der Waals surface area contributed by atoms with E-state index >= 15 is 0 Å². The molecule has 0 aliphatic heterocycles. The number of aromatic hydroxyl groups is 1. The van der Waals surface area contributed by atoms with Crippen LogP contribution >= 0.6 is 0 Å². The van der Waals surface area contributed by atoms with E-state index in [1.807, 2.05) is 25.3 Å². The van der Waals surface area contributed by atoms with E-state index in [1.54, 1.807) is 12.1 Å². The predicted octanol–water partition coefficient (Wildman–Crippen LogP) is 2.02. The Bertz CT molecular complexity index is 347. The van der Waals surface area contributed by atoms with Gasteiger partial charge in [-0.3, -0.25) is 0 Å². The van der Waals surface area contributed by atoms with E-state index in [0.717, 1.165) is 5.56 Å². The molecule has 0 radical (unpaired) electrons. The Morgan fingerprint density at radius 3 is 2.73 bits per heavy atom. The highest BCUT2D eigenvalue weighted by Crippen LogP contribution is 2.26. The first-order chi connectivity index (χ1) is 7.17. The van der Waals surface area contributed by atoms with Crippen molar-refractivity contribution in [3.63, 3.8) is 0 Å². The van der Waals surface area contributed by atoms with E-state index in [4.69, 9.17) is 4.74 Å². The lowest BCUT2D eigenvalue weighted by Gasteiger charge is -2.05. The van der Waals surface area contributed by atoms with Crippen LogP contribution in [-0.4, -0.2) is 25.3 Å². The summed E-state index contributed by atoms with van der Waals surface area (Å²) < 4.78 is 4.96. The molecule has 0 aliphatic rings.